The van der Waals surface area contributed by atoms with Gasteiger partial charge >= 0.3 is 10.1 Å². The van der Waals surface area contributed by atoms with Crippen LogP contribution in [0, 0.1) is 18.3 Å². The topological polar surface area (TPSA) is 105 Å². The predicted octanol–water partition coefficient (Wildman–Crippen LogP) is 5.47. The van der Waals surface area contributed by atoms with Crippen molar-refractivity contribution in [3.05, 3.63) is 102 Å². The molecule has 0 aliphatic rings. The van der Waals surface area contributed by atoms with Crippen molar-refractivity contribution in [3.63, 3.8) is 0 Å². The Balaban J connectivity index is 1.70. The number of aryl methyl sites for hydroxylation is 1. The Labute approximate surface area is 209 Å². The quantitative estimate of drug-likeness (QED) is 0.206. The summed E-state index contributed by atoms with van der Waals surface area (Å²) in [6, 6.07) is 25.7. The Bertz CT molecular complexity index is 1610. The highest BCUT2D eigenvalue weighted by Gasteiger charge is 2.22. The van der Waals surface area contributed by atoms with E-state index in [4.69, 9.17) is 8.92 Å². The van der Waals surface area contributed by atoms with Crippen molar-refractivity contribution in [2.75, 3.05) is 12.4 Å². The summed E-state index contributed by atoms with van der Waals surface area (Å²) in [4.78, 5) is 13.0. The van der Waals surface area contributed by atoms with Crippen molar-refractivity contribution < 1.29 is 22.1 Å². The third-order valence-electron chi connectivity index (χ3n) is 5.43. The van der Waals surface area contributed by atoms with Crippen LogP contribution in [0.3, 0.4) is 0 Å². The zero-order chi connectivity index (χ0) is 25.7. The molecule has 1 amide bonds. The first-order valence-electron chi connectivity index (χ1n) is 10.9. The lowest BCUT2D eigenvalue weighted by Crippen LogP contribution is -2.14. The molecule has 0 unspecified atom stereocenters. The molecule has 180 valence electrons. The summed E-state index contributed by atoms with van der Waals surface area (Å²) < 4.78 is 36.6. The number of para-hydroxylation sites is 1. The van der Waals surface area contributed by atoms with Crippen molar-refractivity contribution in [2.24, 2.45) is 0 Å². The van der Waals surface area contributed by atoms with Crippen molar-refractivity contribution in [1.82, 2.24) is 0 Å². The number of methoxy groups -OCH3 is 1. The van der Waals surface area contributed by atoms with Crippen molar-refractivity contribution in [3.8, 4) is 17.6 Å². The molecule has 4 aromatic rings. The van der Waals surface area contributed by atoms with E-state index in [0.717, 1.165) is 16.3 Å². The van der Waals surface area contributed by atoms with E-state index in [0.29, 0.717) is 5.69 Å². The molecule has 4 rings (SSSR count). The fraction of sp³-hybridized carbons (Fsp3) is 0.0714. The number of nitrogens with one attached hydrogen (secondary N) is 1. The summed E-state index contributed by atoms with van der Waals surface area (Å²) in [6.45, 7) is 1.84. The molecular weight excluding hydrogens is 476 g/mol. The fourth-order valence-electron chi connectivity index (χ4n) is 3.59. The Morgan fingerprint density at radius 1 is 0.944 bits per heavy atom. The highest BCUT2D eigenvalue weighted by atomic mass is 32.2. The van der Waals surface area contributed by atoms with Crippen LogP contribution in [0.25, 0.3) is 16.8 Å². The highest BCUT2D eigenvalue weighted by Crippen LogP contribution is 2.35. The average molecular weight is 499 g/mol. The second-order valence-corrected chi connectivity index (χ2v) is 9.43. The number of nitrogens with zero attached hydrogens (tertiary/aromatic N) is 1. The predicted molar refractivity (Wildman–Crippen MR) is 138 cm³/mol. The Hall–Kier alpha value is -4.61. The van der Waals surface area contributed by atoms with Crippen LogP contribution in [0.15, 0.2) is 95.4 Å². The van der Waals surface area contributed by atoms with E-state index in [-0.39, 0.29) is 27.5 Å². The molecule has 0 bridgehead atoms. The molecule has 0 fully saturated rings. The number of benzene rings is 4. The number of rotatable bonds is 7. The van der Waals surface area contributed by atoms with Gasteiger partial charge in [-0.15, -0.1) is 0 Å². The van der Waals surface area contributed by atoms with Gasteiger partial charge in [-0.05, 0) is 42.7 Å². The van der Waals surface area contributed by atoms with Gasteiger partial charge < -0.3 is 14.2 Å². The molecular formula is C28H22N2O5S. The van der Waals surface area contributed by atoms with E-state index < -0.39 is 16.0 Å². The third kappa shape index (κ3) is 5.22. The zero-order valence-electron chi connectivity index (χ0n) is 19.6. The van der Waals surface area contributed by atoms with Gasteiger partial charge in [-0.25, -0.2) is 0 Å². The molecule has 0 saturated heterocycles. The maximum Gasteiger partial charge on any atom is 0.339 e. The minimum Gasteiger partial charge on any atom is -0.493 e. The van der Waals surface area contributed by atoms with Crippen LogP contribution < -0.4 is 14.2 Å². The van der Waals surface area contributed by atoms with E-state index in [9.17, 15) is 18.5 Å². The van der Waals surface area contributed by atoms with Gasteiger partial charge in [-0.2, -0.15) is 13.7 Å². The van der Waals surface area contributed by atoms with Crippen LogP contribution in [0.2, 0.25) is 0 Å². The summed E-state index contributed by atoms with van der Waals surface area (Å²) in [5.41, 5.74) is 1.39. The second kappa shape index (κ2) is 10.3. The summed E-state index contributed by atoms with van der Waals surface area (Å²) in [6.07, 6.45) is 1.27. The number of hydrogen-bond donors (Lipinski definition) is 1. The first-order chi connectivity index (χ1) is 17.3. The van der Waals surface area contributed by atoms with Crippen LogP contribution in [-0.2, 0) is 14.9 Å². The van der Waals surface area contributed by atoms with E-state index in [1.54, 1.807) is 30.3 Å². The molecule has 4 aromatic carbocycles. The van der Waals surface area contributed by atoms with Crippen LogP contribution in [0.1, 0.15) is 11.1 Å². The van der Waals surface area contributed by atoms with Crippen LogP contribution in [0.4, 0.5) is 5.69 Å². The van der Waals surface area contributed by atoms with Gasteiger partial charge in [0.25, 0.3) is 5.91 Å². The number of anilines is 1. The van der Waals surface area contributed by atoms with Gasteiger partial charge in [0.15, 0.2) is 11.5 Å². The summed E-state index contributed by atoms with van der Waals surface area (Å²) in [7, 11) is -2.85. The number of ether oxygens (including phenoxy) is 1. The lowest BCUT2D eigenvalue weighted by molar-refractivity contribution is -0.112. The molecule has 0 atom stereocenters. The first kappa shape index (κ1) is 24.5. The second-order valence-electron chi connectivity index (χ2n) is 7.88. The maximum absolute atomic E-state index is 13.0. The molecule has 36 heavy (non-hydrogen) atoms. The molecule has 0 aromatic heterocycles. The summed E-state index contributed by atoms with van der Waals surface area (Å²) in [5.74, 6) is -0.651. The van der Waals surface area contributed by atoms with E-state index in [1.165, 1.54) is 37.5 Å². The van der Waals surface area contributed by atoms with Gasteiger partial charge in [0.2, 0.25) is 0 Å². The molecule has 8 heteroatoms. The number of fused-ring (bicyclic) bond motifs is 1. The lowest BCUT2D eigenvalue weighted by Gasteiger charge is -2.14. The normalized spacial score (nSPS) is 11.5. The fourth-order valence-corrected chi connectivity index (χ4v) is 4.55. The molecule has 1 N–H and O–H groups in total. The number of carbonyl (C=O) groups excluding carboxylic acids is 1. The summed E-state index contributed by atoms with van der Waals surface area (Å²) >= 11 is 0. The third-order valence-corrected chi connectivity index (χ3v) is 6.67. The van der Waals surface area contributed by atoms with Crippen LogP contribution >= 0.6 is 0 Å². The lowest BCUT2D eigenvalue weighted by atomic mass is 10.1. The highest BCUT2D eigenvalue weighted by molar-refractivity contribution is 7.87. The first-order valence-corrected chi connectivity index (χ1v) is 12.3. The Morgan fingerprint density at radius 3 is 2.36 bits per heavy atom. The number of nitriles is 1. The van der Waals surface area contributed by atoms with Gasteiger partial charge in [0, 0.05) is 16.6 Å². The van der Waals surface area contributed by atoms with E-state index in [2.05, 4.69) is 5.32 Å². The largest absolute Gasteiger partial charge is 0.493 e. The standard InChI is InChI=1S/C28H22N2O5S/c1-19-13-15-23(16-14-19)36(32,33)35-27-21(9-6-12-26(27)34-2)17-22(18-29)28(31)30-25-11-5-8-20-7-3-4-10-24(20)25/h3-17H,1-2H3,(H,30,31)/b22-17+. The number of carbonyl (C=O) groups is 1. The van der Waals surface area contributed by atoms with E-state index in [1.807, 2.05) is 43.3 Å². The monoisotopic (exact) mass is 498 g/mol. The molecule has 0 aliphatic carbocycles. The van der Waals surface area contributed by atoms with E-state index >= 15 is 0 Å². The molecule has 7 nitrogen and oxygen atoms in total. The number of amides is 1. The van der Waals surface area contributed by atoms with Crippen molar-refractivity contribution in [2.45, 2.75) is 11.8 Å². The van der Waals surface area contributed by atoms with Crippen molar-refractivity contribution >= 4 is 38.6 Å². The SMILES string of the molecule is COc1cccc(/C=C(\C#N)C(=O)Nc2cccc3ccccc23)c1OS(=O)(=O)c1ccc(C)cc1. The average Bonchev–Trinajstić information content (AvgIpc) is 2.88. The van der Waals surface area contributed by atoms with Gasteiger partial charge in [0.05, 0.1) is 7.11 Å². The van der Waals surface area contributed by atoms with Crippen molar-refractivity contribution in [1.29, 1.82) is 5.26 Å². The molecule has 0 heterocycles. The molecule has 0 saturated carbocycles. The molecule has 0 radical (unpaired) electrons. The Morgan fingerprint density at radius 2 is 1.64 bits per heavy atom. The van der Waals surface area contributed by atoms with Gasteiger partial charge in [0.1, 0.15) is 16.5 Å². The van der Waals surface area contributed by atoms with Gasteiger partial charge in [-0.3, -0.25) is 4.79 Å². The van der Waals surface area contributed by atoms with Gasteiger partial charge in [-0.1, -0.05) is 66.2 Å². The Kier molecular flexibility index (Phi) is 7.04. The minimum atomic E-state index is -4.21. The van der Waals surface area contributed by atoms with Crippen LogP contribution in [0.5, 0.6) is 11.5 Å². The molecule has 0 aliphatic heterocycles. The zero-order valence-corrected chi connectivity index (χ0v) is 20.4. The number of hydrogen-bond acceptors (Lipinski definition) is 6. The maximum atomic E-state index is 13.0. The smallest absolute Gasteiger partial charge is 0.339 e. The van der Waals surface area contributed by atoms with Crippen LogP contribution in [-0.4, -0.2) is 21.4 Å². The summed E-state index contributed by atoms with van der Waals surface area (Å²) in [5, 5.41) is 14.2. The molecule has 0 spiro atoms. The minimum absolute atomic E-state index is 0.0388.